The maximum absolute atomic E-state index is 12.2. The van der Waals surface area contributed by atoms with Gasteiger partial charge in [-0.3, -0.25) is 19.7 Å². The maximum Gasteiger partial charge on any atom is 0.340 e. The van der Waals surface area contributed by atoms with Crippen LogP contribution in [-0.4, -0.2) is 29.2 Å². The smallest absolute Gasteiger partial charge is 0.340 e. The molecule has 0 aliphatic carbocycles. The van der Waals surface area contributed by atoms with E-state index in [1.165, 1.54) is 31.2 Å². The number of aryl methyl sites for hydroxylation is 1. The number of hydrogen-bond donors (Lipinski definition) is 1. The van der Waals surface area contributed by atoms with Crippen LogP contribution < -0.4 is 5.32 Å². The number of nitro benzene ring substituents is 1. The van der Waals surface area contributed by atoms with Gasteiger partial charge in [0.15, 0.2) is 6.61 Å². The molecule has 2 aromatic rings. The van der Waals surface area contributed by atoms with Gasteiger partial charge in [-0.2, -0.15) is 0 Å². The minimum Gasteiger partial charge on any atom is -0.454 e. The molecule has 2 rings (SSSR count). The van der Waals surface area contributed by atoms with Crippen molar-refractivity contribution in [3.05, 3.63) is 69.3 Å². The van der Waals surface area contributed by atoms with Gasteiger partial charge in [0, 0.05) is 24.1 Å². The molecule has 0 atom stereocenters. The van der Waals surface area contributed by atoms with Crippen molar-refractivity contribution in [3.63, 3.8) is 0 Å². The summed E-state index contributed by atoms with van der Waals surface area (Å²) < 4.78 is 4.99. The van der Waals surface area contributed by atoms with Gasteiger partial charge in [-0.25, -0.2) is 4.79 Å². The highest BCUT2D eigenvalue weighted by Crippen LogP contribution is 2.20. The van der Waals surface area contributed by atoms with E-state index in [0.29, 0.717) is 5.56 Å². The summed E-state index contributed by atoms with van der Waals surface area (Å²) >= 11 is 0. The molecule has 0 radical (unpaired) electrons. The molecule has 0 heterocycles. The summed E-state index contributed by atoms with van der Waals surface area (Å²) in [5, 5.41) is 13.4. The average molecular weight is 356 g/mol. The first kappa shape index (κ1) is 18.8. The van der Waals surface area contributed by atoms with E-state index in [1.54, 1.807) is 19.1 Å². The van der Waals surface area contributed by atoms with Crippen LogP contribution in [-0.2, 0) is 9.53 Å². The molecule has 26 heavy (non-hydrogen) atoms. The van der Waals surface area contributed by atoms with Crippen LogP contribution in [0.2, 0.25) is 0 Å². The lowest BCUT2D eigenvalue weighted by molar-refractivity contribution is -0.385. The van der Waals surface area contributed by atoms with Crippen LogP contribution in [0, 0.1) is 17.0 Å². The summed E-state index contributed by atoms with van der Waals surface area (Å²) in [4.78, 5) is 45.9. The van der Waals surface area contributed by atoms with Crippen LogP contribution >= 0.6 is 0 Å². The number of esters is 1. The number of nitro groups is 1. The lowest BCUT2D eigenvalue weighted by atomic mass is 10.1. The Labute approximate surface area is 148 Å². The van der Waals surface area contributed by atoms with Crippen LogP contribution in [0.25, 0.3) is 0 Å². The number of carbonyl (C=O) groups excluding carboxylic acids is 3. The zero-order chi connectivity index (χ0) is 19.3. The number of ketones is 1. The van der Waals surface area contributed by atoms with Crippen molar-refractivity contribution in [3.8, 4) is 0 Å². The van der Waals surface area contributed by atoms with Crippen molar-refractivity contribution in [1.82, 2.24) is 0 Å². The van der Waals surface area contributed by atoms with Crippen molar-refractivity contribution in [2.45, 2.75) is 13.8 Å². The molecule has 8 heteroatoms. The molecule has 0 bridgehead atoms. The number of benzene rings is 2. The van der Waals surface area contributed by atoms with Crippen LogP contribution in [0.1, 0.15) is 33.2 Å². The van der Waals surface area contributed by atoms with Crippen molar-refractivity contribution >= 4 is 29.0 Å². The standard InChI is InChI=1S/C18H16N2O6/c1-11-7-8-13(9-16(11)20(24)25)17(22)10-26-18(23)14-5-3-4-6-15(14)19-12(2)21/h3-9H,10H2,1-2H3,(H,19,21). The van der Waals surface area contributed by atoms with Crippen LogP contribution in [0.4, 0.5) is 11.4 Å². The van der Waals surface area contributed by atoms with Crippen LogP contribution in [0.5, 0.6) is 0 Å². The molecular weight excluding hydrogens is 340 g/mol. The first-order chi connectivity index (χ1) is 12.3. The summed E-state index contributed by atoms with van der Waals surface area (Å²) in [5.41, 5.74) is 0.685. The predicted molar refractivity (Wildman–Crippen MR) is 93.2 cm³/mol. The molecule has 1 amide bonds. The molecular formula is C18H16N2O6. The summed E-state index contributed by atoms with van der Waals surface area (Å²) in [6, 6.07) is 10.3. The third-order valence-electron chi connectivity index (χ3n) is 3.52. The van der Waals surface area contributed by atoms with E-state index in [0.717, 1.165) is 6.07 Å². The Morgan fingerprint density at radius 2 is 1.85 bits per heavy atom. The molecule has 0 saturated heterocycles. The van der Waals surface area contributed by atoms with Gasteiger partial charge in [-0.15, -0.1) is 0 Å². The van der Waals surface area contributed by atoms with Gasteiger partial charge in [-0.05, 0) is 19.1 Å². The third-order valence-corrected chi connectivity index (χ3v) is 3.52. The third kappa shape index (κ3) is 4.50. The number of ether oxygens (including phenoxy) is 1. The Morgan fingerprint density at radius 1 is 1.15 bits per heavy atom. The minimum atomic E-state index is -0.788. The SMILES string of the molecule is CC(=O)Nc1ccccc1C(=O)OCC(=O)c1ccc(C)c([N+](=O)[O-])c1. The lowest BCUT2D eigenvalue weighted by Gasteiger charge is -2.09. The fourth-order valence-corrected chi connectivity index (χ4v) is 2.23. The molecule has 2 aromatic carbocycles. The van der Waals surface area contributed by atoms with E-state index in [4.69, 9.17) is 4.74 Å². The minimum absolute atomic E-state index is 0.0743. The quantitative estimate of drug-likeness (QED) is 0.368. The number of rotatable bonds is 6. The van der Waals surface area contributed by atoms with Gasteiger partial charge >= 0.3 is 5.97 Å². The van der Waals surface area contributed by atoms with Crippen molar-refractivity contribution in [1.29, 1.82) is 0 Å². The first-order valence-corrected chi connectivity index (χ1v) is 7.61. The number of carbonyl (C=O) groups is 3. The fraction of sp³-hybridized carbons (Fsp3) is 0.167. The van der Waals surface area contributed by atoms with Crippen molar-refractivity contribution < 1.29 is 24.0 Å². The summed E-state index contributed by atoms with van der Waals surface area (Å²) in [5.74, 6) is -1.71. The van der Waals surface area contributed by atoms with Crippen molar-refractivity contribution in [2.24, 2.45) is 0 Å². The van der Waals surface area contributed by atoms with E-state index < -0.39 is 23.3 Å². The van der Waals surface area contributed by atoms with Crippen LogP contribution in [0.3, 0.4) is 0 Å². The Kier molecular flexibility index (Phi) is 5.79. The van der Waals surface area contributed by atoms with Gasteiger partial charge in [0.2, 0.25) is 11.7 Å². The summed E-state index contributed by atoms with van der Waals surface area (Å²) in [7, 11) is 0. The normalized spacial score (nSPS) is 10.1. The summed E-state index contributed by atoms with van der Waals surface area (Å²) in [6.45, 7) is 2.29. The number of anilines is 1. The second-order valence-corrected chi connectivity index (χ2v) is 5.48. The Morgan fingerprint density at radius 3 is 2.50 bits per heavy atom. The predicted octanol–water partition coefficient (Wildman–Crippen LogP) is 2.90. The van der Waals surface area contributed by atoms with Gasteiger partial charge in [0.05, 0.1) is 16.2 Å². The van der Waals surface area contributed by atoms with Crippen LogP contribution in [0.15, 0.2) is 42.5 Å². The van der Waals surface area contributed by atoms with Crippen molar-refractivity contribution in [2.75, 3.05) is 11.9 Å². The Hall–Kier alpha value is -3.55. The molecule has 0 spiro atoms. The monoisotopic (exact) mass is 356 g/mol. The topological polar surface area (TPSA) is 116 Å². The van der Waals surface area contributed by atoms with E-state index in [2.05, 4.69) is 5.32 Å². The molecule has 0 aromatic heterocycles. The van der Waals surface area contributed by atoms with E-state index in [1.807, 2.05) is 0 Å². The number of Topliss-reactive ketones (excluding diaryl/α,β-unsaturated/α-hetero) is 1. The lowest BCUT2D eigenvalue weighted by Crippen LogP contribution is -2.17. The zero-order valence-corrected chi connectivity index (χ0v) is 14.1. The van der Waals surface area contributed by atoms with E-state index in [9.17, 15) is 24.5 Å². The number of amides is 1. The first-order valence-electron chi connectivity index (χ1n) is 7.61. The second-order valence-electron chi connectivity index (χ2n) is 5.48. The van der Waals surface area contributed by atoms with Gasteiger partial charge < -0.3 is 10.1 Å². The highest BCUT2D eigenvalue weighted by molar-refractivity contribution is 6.03. The summed E-state index contributed by atoms with van der Waals surface area (Å²) in [6.07, 6.45) is 0. The number of nitrogens with one attached hydrogen (secondary N) is 1. The molecule has 0 aliphatic rings. The highest BCUT2D eigenvalue weighted by atomic mass is 16.6. The number of hydrogen-bond acceptors (Lipinski definition) is 6. The Balaban J connectivity index is 2.11. The molecule has 8 nitrogen and oxygen atoms in total. The average Bonchev–Trinajstić information content (AvgIpc) is 2.59. The molecule has 0 aliphatic heterocycles. The van der Waals surface area contributed by atoms with Gasteiger partial charge in [-0.1, -0.05) is 24.3 Å². The number of nitrogens with zero attached hydrogens (tertiary/aromatic N) is 1. The van der Waals surface area contributed by atoms with Gasteiger partial charge in [0.1, 0.15) is 0 Å². The highest BCUT2D eigenvalue weighted by Gasteiger charge is 2.18. The van der Waals surface area contributed by atoms with E-state index in [-0.39, 0.29) is 28.4 Å². The molecule has 1 N–H and O–H groups in total. The molecule has 134 valence electrons. The fourth-order valence-electron chi connectivity index (χ4n) is 2.23. The van der Waals surface area contributed by atoms with E-state index >= 15 is 0 Å². The molecule has 0 saturated carbocycles. The largest absolute Gasteiger partial charge is 0.454 e. The van der Waals surface area contributed by atoms with Gasteiger partial charge in [0.25, 0.3) is 5.69 Å². The molecule has 0 unspecified atom stereocenters. The number of para-hydroxylation sites is 1. The second kappa shape index (κ2) is 8.02. The Bertz CT molecular complexity index is 891. The zero-order valence-electron chi connectivity index (χ0n) is 14.1. The molecule has 0 fully saturated rings. The maximum atomic E-state index is 12.2.